The fourth-order valence-corrected chi connectivity index (χ4v) is 3.72. The summed E-state index contributed by atoms with van der Waals surface area (Å²) in [6.07, 6.45) is 0.486. The van der Waals surface area contributed by atoms with E-state index in [1.54, 1.807) is 0 Å². The molecule has 0 radical (unpaired) electrons. The minimum atomic E-state index is 0.237. The molecule has 3 heteroatoms. The summed E-state index contributed by atoms with van der Waals surface area (Å²) < 4.78 is 0. The first kappa shape index (κ1) is 16.8. The third kappa shape index (κ3) is 3.78. The first-order chi connectivity index (χ1) is 12.8. The summed E-state index contributed by atoms with van der Waals surface area (Å²) in [6, 6.07) is 25.1. The molecule has 3 nitrogen and oxygen atoms in total. The number of benzene rings is 3. The molecule has 3 aromatic carbocycles. The van der Waals surface area contributed by atoms with E-state index in [4.69, 9.17) is 0 Å². The summed E-state index contributed by atoms with van der Waals surface area (Å²) in [5.41, 5.74) is 2.46. The minimum Gasteiger partial charge on any atom is -0.340 e. The first-order valence-electron chi connectivity index (χ1n) is 9.30. The summed E-state index contributed by atoms with van der Waals surface area (Å²) in [5, 5.41) is 2.39. The highest BCUT2D eigenvalue weighted by atomic mass is 16.2. The van der Waals surface area contributed by atoms with Crippen molar-refractivity contribution < 1.29 is 4.79 Å². The predicted octanol–water partition coefficient (Wildman–Crippen LogP) is 3.73. The molecular weight excluding hydrogens is 320 g/mol. The van der Waals surface area contributed by atoms with Crippen LogP contribution in [0, 0.1) is 0 Å². The predicted molar refractivity (Wildman–Crippen MR) is 106 cm³/mol. The standard InChI is InChI=1S/C23H24N2O/c26-23(17-21-11-6-10-20-9-4-5-12-22(20)21)25-15-13-24(14-16-25)18-19-7-2-1-3-8-19/h1-12H,13-18H2. The van der Waals surface area contributed by atoms with Crippen molar-refractivity contribution in [3.05, 3.63) is 83.9 Å². The highest BCUT2D eigenvalue weighted by Crippen LogP contribution is 2.20. The van der Waals surface area contributed by atoms with Crippen LogP contribution in [0.1, 0.15) is 11.1 Å². The van der Waals surface area contributed by atoms with E-state index in [1.165, 1.54) is 16.3 Å². The SMILES string of the molecule is O=C(Cc1cccc2ccccc12)N1CCN(Cc2ccccc2)CC1. The van der Waals surface area contributed by atoms with Gasteiger partial charge in [-0.3, -0.25) is 9.69 Å². The maximum Gasteiger partial charge on any atom is 0.227 e. The molecule has 1 aliphatic heterocycles. The van der Waals surface area contributed by atoms with E-state index in [1.807, 2.05) is 29.2 Å². The monoisotopic (exact) mass is 344 g/mol. The molecule has 1 saturated heterocycles. The summed E-state index contributed by atoms with van der Waals surface area (Å²) >= 11 is 0. The van der Waals surface area contributed by atoms with Crippen LogP contribution in [0.3, 0.4) is 0 Å². The van der Waals surface area contributed by atoms with Crippen LogP contribution in [-0.4, -0.2) is 41.9 Å². The second kappa shape index (κ2) is 7.71. The van der Waals surface area contributed by atoms with Crippen LogP contribution in [0.25, 0.3) is 10.8 Å². The molecule has 0 aromatic heterocycles. The molecule has 0 saturated carbocycles. The van der Waals surface area contributed by atoms with Crippen LogP contribution in [0.5, 0.6) is 0 Å². The fourth-order valence-electron chi connectivity index (χ4n) is 3.72. The number of amides is 1. The van der Waals surface area contributed by atoms with Gasteiger partial charge in [0.05, 0.1) is 6.42 Å². The second-order valence-corrected chi connectivity index (χ2v) is 6.96. The van der Waals surface area contributed by atoms with Crippen molar-refractivity contribution in [3.8, 4) is 0 Å². The number of carbonyl (C=O) groups is 1. The van der Waals surface area contributed by atoms with E-state index in [0.29, 0.717) is 6.42 Å². The van der Waals surface area contributed by atoms with Crippen LogP contribution in [-0.2, 0) is 17.8 Å². The van der Waals surface area contributed by atoms with Crippen molar-refractivity contribution in [1.82, 2.24) is 9.80 Å². The molecule has 3 aromatic rings. The van der Waals surface area contributed by atoms with E-state index in [0.717, 1.165) is 38.3 Å². The lowest BCUT2D eigenvalue weighted by molar-refractivity contribution is -0.132. The van der Waals surface area contributed by atoms with Gasteiger partial charge in [0, 0.05) is 32.7 Å². The number of carbonyl (C=O) groups excluding carboxylic acids is 1. The Bertz CT molecular complexity index is 878. The van der Waals surface area contributed by atoms with Gasteiger partial charge in [-0.1, -0.05) is 72.8 Å². The molecule has 0 N–H and O–H groups in total. The molecule has 1 fully saturated rings. The van der Waals surface area contributed by atoms with E-state index in [9.17, 15) is 4.79 Å². The third-order valence-corrected chi connectivity index (χ3v) is 5.20. The number of rotatable bonds is 4. The Hall–Kier alpha value is -2.65. The number of fused-ring (bicyclic) bond motifs is 1. The second-order valence-electron chi connectivity index (χ2n) is 6.96. The molecular formula is C23H24N2O. The van der Waals surface area contributed by atoms with Gasteiger partial charge in [-0.05, 0) is 21.9 Å². The fraction of sp³-hybridized carbons (Fsp3) is 0.261. The average molecular weight is 344 g/mol. The molecule has 26 heavy (non-hydrogen) atoms. The topological polar surface area (TPSA) is 23.6 Å². The van der Waals surface area contributed by atoms with Crippen LogP contribution in [0.2, 0.25) is 0 Å². The Morgan fingerprint density at radius 3 is 2.27 bits per heavy atom. The quantitative estimate of drug-likeness (QED) is 0.720. The van der Waals surface area contributed by atoms with Crippen LogP contribution < -0.4 is 0 Å². The molecule has 1 heterocycles. The molecule has 0 bridgehead atoms. The zero-order valence-corrected chi connectivity index (χ0v) is 15.0. The summed E-state index contributed by atoms with van der Waals surface area (Å²) in [7, 11) is 0. The average Bonchev–Trinajstić information content (AvgIpc) is 2.70. The van der Waals surface area contributed by atoms with Gasteiger partial charge in [-0.25, -0.2) is 0 Å². The minimum absolute atomic E-state index is 0.237. The lowest BCUT2D eigenvalue weighted by Gasteiger charge is -2.35. The van der Waals surface area contributed by atoms with Gasteiger partial charge >= 0.3 is 0 Å². The van der Waals surface area contributed by atoms with Crippen molar-refractivity contribution in [1.29, 1.82) is 0 Å². The van der Waals surface area contributed by atoms with Crippen LogP contribution in [0.15, 0.2) is 72.8 Å². The largest absolute Gasteiger partial charge is 0.340 e. The Balaban J connectivity index is 1.36. The van der Waals surface area contributed by atoms with Gasteiger partial charge in [0.2, 0.25) is 5.91 Å². The number of nitrogens with zero attached hydrogens (tertiary/aromatic N) is 2. The van der Waals surface area contributed by atoms with Crippen molar-refractivity contribution in [2.24, 2.45) is 0 Å². The Morgan fingerprint density at radius 2 is 1.46 bits per heavy atom. The zero-order valence-electron chi connectivity index (χ0n) is 15.0. The highest BCUT2D eigenvalue weighted by Gasteiger charge is 2.21. The number of piperazine rings is 1. The molecule has 0 atom stereocenters. The zero-order chi connectivity index (χ0) is 17.8. The van der Waals surface area contributed by atoms with Gasteiger partial charge < -0.3 is 4.90 Å². The smallest absolute Gasteiger partial charge is 0.227 e. The number of hydrogen-bond donors (Lipinski definition) is 0. The lowest BCUT2D eigenvalue weighted by atomic mass is 10.0. The van der Waals surface area contributed by atoms with Gasteiger partial charge in [-0.15, -0.1) is 0 Å². The number of hydrogen-bond acceptors (Lipinski definition) is 2. The van der Waals surface area contributed by atoms with Crippen molar-refractivity contribution >= 4 is 16.7 Å². The lowest BCUT2D eigenvalue weighted by Crippen LogP contribution is -2.48. The maximum atomic E-state index is 12.8. The molecule has 0 aliphatic carbocycles. The molecule has 0 unspecified atom stereocenters. The summed E-state index contributed by atoms with van der Waals surface area (Å²) in [5.74, 6) is 0.237. The molecule has 0 spiro atoms. The van der Waals surface area contributed by atoms with Crippen molar-refractivity contribution in [3.63, 3.8) is 0 Å². The summed E-state index contributed by atoms with van der Waals surface area (Å²) in [4.78, 5) is 17.2. The Kier molecular flexibility index (Phi) is 4.98. The Labute approximate surface area is 154 Å². The van der Waals surface area contributed by atoms with Gasteiger partial charge in [-0.2, -0.15) is 0 Å². The van der Waals surface area contributed by atoms with Gasteiger partial charge in [0.15, 0.2) is 0 Å². The van der Waals surface area contributed by atoms with Crippen molar-refractivity contribution in [2.75, 3.05) is 26.2 Å². The van der Waals surface area contributed by atoms with E-state index < -0.39 is 0 Å². The van der Waals surface area contributed by atoms with Crippen molar-refractivity contribution in [2.45, 2.75) is 13.0 Å². The summed E-state index contributed by atoms with van der Waals surface area (Å²) in [6.45, 7) is 4.48. The van der Waals surface area contributed by atoms with E-state index >= 15 is 0 Å². The maximum absolute atomic E-state index is 12.8. The molecule has 1 amide bonds. The molecule has 4 rings (SSSR count). The van der Waals surface area contributed by atoms with Crippen LogP contribution in [0.4, 0.5) is 0 Å². The van der Waals surface area contributed by atoms with E-state index in [2.05, 4.69) is 53.4 Å². The van der Waals surface area contributed by atoms with Gasteiger partial charge in [0.1, 0.15) is 0 Å². The Morgan fingerprint density at radius 1 is 0.769 bits per heavy atom. The highest BCUT2D eigenvalue weighted by molar-refractivity contribution is 5.90. The third-order valence-electron chi connectivity index (χ3n) is 5.20. The molecule has 1 aliphatic rings. The van der Waals surface area contributed by atoms with Crippen LogP contribution >= 0.6 is 0 Å². The van der Waals surface area contributed by atoms with E-state index in [-0.39, 0.29) is 5.91 Å². The first-order valence-corrected chi connectivity index (χ1v) is 9.30. The van der Waals surface area contributed by atoms with Gasteiger partial charge in [0.25, 0.3) is 0 Å². The molecule has 132 valence electrons. The normalized spacial score (nSPS) is 15.3.